The molecule has 0 aromatic heterocycles. The van der Waals surface area contributed by atoms with Crippen LogP contribution in [0.1, 0.15) is 25.3 Å². The summed E-state index contributed by atoms with van der Waals surface area (Å²) in [5.41, 5.74) is 1.78. The van der Waals surface area contributed by atoms with E-state index in [-0.39, 0.29) is 0 Å². The van der Waals surface area contributed by atoms with Crippen molar-refractivity contribution in [1.29, 1.82) is 0 Å². The molecule has 0 N–H and O–H groups in total. The standard InChI is InChI=1S/C14H18Br2O/c1-14(9-15,11-4-5-11)8-10-3-6-13(17-2)12(16)7-10/h3,6-7,11H,4-5,8-9H2,1-2H3. The Balaban J connectivity index is 2.15. The van der Waals surface area contributed by atoms with Crippen LogP contribution in [0, 0.1) is 11.3 Å². The number of rotatable bonds is 5. The van der Waals surface area contributed by atoms with E-state index in [1.165, 1.54) is 18.4 Å². The number of methoxy groups -OCH3 is 1. The Morgan fingerprint density at radius 1 is 1.41 bits per heavy atom. The second-order valence-corrected chi connectivity index (χ2v) is 6.62. The Bertz CT molecular complexity index is 401. The Kier molecular flexibility index (Phi) is 4.19. The van der Waals surface area contributed by atoms with Crippen molar-refractivity contribution in [3.8, 4) is 5.75 Å². The summed E-state index contributed by atoms with van der Waals surface area (Å²) in [5, 5.41) is 1.08. The average Bonchev–Trinajstić information content (AvgIpc) is 3.13. The third-order valence-electron chi connectivity index (χ3n) is 3.69. The minimum absolute atomic E-state index is 0.397. The molecule has 1 atom stereocenters. The van der Waals surface area contributed by atoms with Gasteiger partial charge in [-0.05, 0) is 64.2 Å². The summed E-state index contributed by atoms with van der Waals surface area (Å²) in [6, 6.07) is 6.40. The Hall–Kier alpha value is -0.0200. The fourth-order valence-corrected chi connectivity index (χ4v) is 3.61. The van der Waals surface area contributed by atoms with Gasteiger partial charge in [0.1, 0.15) is 5.75 Å². The van der Waals surface area contributed by atoms with E-state index in [0.29, 0.717) is 5.41 Å². The van der Waals surface area contributed by atoms with Gasteiger partial charge in [0.25, 0.3) is 0 Å². The van der Waals surface area contributed by atoms with E-state index >= 15 is 0 Å². The number of alkyl halides is 1. The SMILES string of the molecule is COc1ccc(CC(C)(CBr)C2CC2)cc1Br. The smallest absolute Gasteiger partial charge is 0.133 e. The molecule has 1 aliphatic carbocycles. The third kappa shape index (κ3) is 3.05. The van der Waals surface area contributed by atoms with Crippen molar-refractivity contribution < 1.29 is 4.74 Å². The summed E-state index contributed by atoms with van der Waals surface area (Å²) in [5.74, 6) is 1.79. The van der Waals surface area contributed by atoms with Gasteiger partial charge in [-0.3, -0.25) is 0 Å². The molecule has 94 valence electrons. The molecule has 0 amide bonds. The molecule has 3 heteroatoms. The first kappa shape index (κ1) is 13.4. The highest BCUT2D eigenvalue weighted by molar-refractivity contribution is 9.10. The maximum absolute atomic E-state index is 5.26. The summed E-state index contributed by atoms with van der Waals surface area (Å²) >= 11 is 7.23. The molecule has 2 rings (SSSR count). The zero-order valence-corrected chi connectivity index (χ0v) is 13.5. The second-order valence-electron chi connectivity index (χ2n) is 5.21. The molecule has 0 heterocycles. The molecule has 1 fully saturated rings. The Morgan fingerprint density at radius 3 is 2.59 bits per heavy atom. The van der Waals surface area contributed by atoms with E-state index in [1.807, 2.05) is 6.07 Å². The molecular weight excluding hydrogens is 344 g/mol. The minimum Gasteiger partial charge on any atom is -0.496 e. The van der Waals surface area contributed by atoms with Crippen molar-refractivity contribution in [2.24, 2.45) is 11.3 Å². The predicted molar refractivity (Wildman–Crippen MR) is 79.0 cm³/mol. The third-order valence-corrected chi connectivity index (χ3v) is 5.59. The van der Waals surface area contributed by atoms with Crippen LogP contribution in [-0.4, -0.2) is 12.4 Å². The summed E-state index contributed by atoms with van der Waals surface area (Å²) in [6.07, 6.45) is 3.91. The monoisotopic (exact) mass is 360 g/mol. The van der Waals surface area contributed by atoms with Gasteiger partial charge in [-0.15, -0.1) is 0 Å². The van der Waals surface area contributed by atoms with Crippen LogP contribution in [-0.2, 0) is 6.42 Å². The van der Waals surface area contributed by atoms with E-state index in [9.17, 15) is 0 Å². The maximum atomic E-state index is 5.26. The fourth-order valence-electron chi connectivity index (χ4n) is 2.37. The van der Waals surface area contributed by atoms with Gasteiger partial charge < -0.3 is 4.74 Å². The molecule has 1 aromatic rings. The molecule has 1 saturated carbocycles. The first-order chi connectivity index (χ1) is 8.09. The quantitative estimate of drug-likeness (QED) is 0.683. The molecule has 0 radical (unpaired) electrons. The molecule has 0 spiro atoms. The summed E-state index contributed by atoms with van der Waals surface area (Å²) in [6.45, 7) is 2.39. The van der Waals surface area contributed by atoms with Gasteiger partial charge in [0, 0.05) is 5.33 Å². The lowest BCUT2D eigenvalue weighted by atomic mass is 9.81. The van der Waals surface area contributed by atoms with Crippen molar-refractivity contribution in [2.75, 3.05) is 12.4 Å². The van der Waals surface area contributed by atoms with Crippen LogP contribution < -0.4 is 4.74 Å². The van der Waals surface area contributed by atoms with Crippen molar-refractivity contribution in [1.82, 2.24) is 0 Å². The molecule has 1 nitrogen and oxygen atoms in total. The molecule has 0 saturated heterocycles. The lowest BCUT2D eigenvalue weighted by Crippen LogP contribution is -2.24. The lowest BCUT2D eigenvalue weighted by Gasteiger charge is -2.27. The first-order valence-corrected chi connectivity index (χ1v) is 7.89. The van der Waals surface area contributed by atoms with Crippen LogP contribution in [0.5, 0.6) is 5.75 Å². The van der Waals surface area contributed by atoms with Gasteiger partial charge >= 0.3 is 0 Å². The molecule has 0 aliphatic heterocycles. The summed E-state index contributed by atoms with van der Waals surface area (Å²) in [7, 11) is 1.70. The van der Waals surface area contributed by atoms with E-state index in [2.05, 4.69) is 50.9 Å². The molecule has 1 unspecified atom stereocenters. The highest BCUT2D eigenvalue weighted by Gasteiger charge is 2.40. The molecule has 0 bridgehead atoms. The van der Waals surface area contributed by atoms with Crippen molar-refractivity contribution in [3.05, 3.63) is 28.2 Å². The number of hydrogen-bond acceptors (Lipinski definition) is 1. The van der Waals surface area contributed by atoms with E-state index in [1.54, 1.807) is 7.11 Å². The normalized spacial score (nSPS) is 18.8. The van der Waals surface area contributed by atoms with Gasteiger partial charge in [-0.25, -0.2) is 0 Å². The van der Waals surface area contributed by atoms with Crippen molar-refractivity contribution >= 4 is 31.9 Å². The van der Waals surface area contributed by atoms with Gasteiger partial charge in [0.15, 0.2) is 0 Å². The maximum Gasteiger partial charge on any atom is 0.133 e. The van der Waals surface area contributed by atoms with Crippen molar-refractivity contribution in [3.63, 3.8) is 0 Å². The van der Waals surface area contributed by atoms with Gasteiger partial charge in [0.05, 0.1) is 11.6 Å². The molecular formula is C14H18Br2O. The van der Waals surface area contributed by atoms with Crippen molar-refractivity contribution in [2.45, 2.75) is 26.2 Å². The van der Waals surface area contributed by atoms with Crippen LogP contribution in [0.15, 0.2) is 22.7 Å². The largest absolute Gasteiger partial charge is 0.496 e. The zero-order valence-electron chi connectivity index (χ0n) is 10.3. The van der Waals surface area contributed by atoms with Crippen LogP contribution in [0.4, 0.5) is 0 Å². The summed E-state index contributed by atoms with van der Waals surface area (Å²) < 4.78 is 6.31. The first-order valence-electron chi connectivity index (χ1n) is 5.97. The van der Waals surface area contributed by atoms with E-state index < -0.39 is 0 Å². The molecule has 1 aliphatic rings. The van der Waals surface area contributed by atoms with Gasteiger partial charge in [0.2, 0.25) is 0 Å². The highest BCUT2D eigenvalue weighted by Crippen LogP contribution is 2.48. The van der Waals surface area contributed by atoms with Crippen LogP contribution in [0.3, 0.4) is 0 Å². The number of hydrogen-bond donors (Lipinski definition) is 0. The minimum atomic E-state index is 0.397. The topological polar surface area (TPSA) is 9.23 Å². The van der Waals surface area contributed by atoms with Crippen LogP contribution >= 0.6 is 31.9 Å². The van der Waals surface area contributed by atoms with Gasteiger partial charge in [-0.2, -0.15) is 0 Å². The van der Waals surface area contributed by atoms with E-state index in [0.717, 1.165) is 27.9 Å². The molecule has 17 heavy (non-hydrogen) atoms. The van der Waals surface area contributed by atoms with Crippen LogP contribution in [0.2, 0.25) is 0 Å². The zero-order chi connectivity index (χ0) is 12.5. The van der Waals surface area contributed by atoms with E-state index in [4.69, 9.17) is 4.74 Å². The Labute approximate surface area is 120 Å². The molecule has 1 aromatic carbocycles. The fraction of sp³-hybridized carbons (Fsp3) is 0.571. The number of halogens is 2. The Morgan fingerprint density at radius 2 is 2.12 bits per heavy atom. The number of benzene rings is 1. The van der Waals surface area contributed by atoms with Crippen LogP contribution in [0.25, 0.3) is 0 Å². The average molecular weight is 362 g/mol. The highest BCUT2D eigenvalue weighted by atomic mass is 79.9. The lowest BCUT2D eigenvalue weighted by molar-refractivity contribution is 0.318. The summed E-state index contributed by atoms with van der Waals surface area (Å²) in [4.78, 5) is 0. The predicted octanol–water partition coefficient (Wildman–Crippen LogP) is 4.81. The number of ether oxygens (including phenoxy) is 1. The van der Waals surface area contributed by atoms with Gasteiger partial charge in [-0.1, -0.05) is 28.9 Å². The second kappa shape index (κ2) is 5.31.